The zero-order chi connectivity index (χ0) is 23.5. The van der Waals surface area contributed by atoms with E-state index < -0.39 is 5.38 Å². The SMILES string of the molecule is CCCCN(CC(=O)N(CCc1ccc(OC)c(OC)c1)Cc1cccs1)C(=O)C(C)Cl. The maximum absolute atomic E-state index is 13.3. The first-order valence-corrected chi connectivity index (χ1v) is 12.1. The lowest BCUT2D eigenvalue weighted by atomic mass is 10.1. The van der Waals surface area contributed by atoms with Crippen molar-refractivity contribution in [3.05, 3.63) is 46.2 Å². The molecule has 8 heteroatoms. The van der Waals surface area contributed by atoms with Gasteiger partial charge >= 0.3 is 0 Å². The Morgan fingerprint density at radius 2 is 1.84 bits per heavy atom. The number of ether oxygens (including phenoxy) is 2. The highest BCUT2D eigenvalue weighted by molar-refractivity contribution is 7.09. The van der Waals surface area contributed by atoms with Crippen molar-refractivity contribution >= 4 is 34.8 Å². The van der Waals surface area contributed by atoms with Crippen molar-refractivity contribution in [1.29, 1.82) is 0 Å². The predicted molar refractivity (Wildman–Crippen MR) is 130 cm³/mol. The molecule has 0 radical (unpaired) electrons. The standard InChI is InChI=1S/C24H33ClN2O4S/c1-5-6-12-27(24(29)18(2)25)17-23(28)26(16-20-8-7-14-32-20)13-11-19-9-10-21(30-3)22(15-19)31-4/h7-10,14-15,18H,5-6,11-13,16-17H2,1-4H3. The lowest BCUT2D eigenvalue weighted by Gasteiger charge is -2.28. The highest BCUT2D eigenvalue weighted by Gasteiger charge is 2.24. The summed E-state index contributed by atoms with van der Waals surface area (Å²) < 4.78 is 10.7. The van der Waals surface area contributed by atoms with Crippen LogP contribution in [0.2, 0.25) is 0 Å². The molecule has 0 saturated carbocycles. The number of carbonyl (C=O) groups is 2. The van der Waals surface area contributed by atoms with E-state index in [0.717, 1.165) is 23.3 Å². The van der Waals surface area contributed by atoms with E-state index in [-0.39, 0.29) is 18.4 Å². The van der Waals surface area contributed by atoms with Gasteiger partial charge in [-0.3, -0.25) is 9.59 Å². The summed E-state index contributed by atoms with van der Waals surface area (Å²) in [7, 11) is 3.21. The Bertz CT molecular complexity index is 858. The second kappa shape index (κ2) is 13.3. The molecule has 1 heterocycles. The van der Waals surface area contributed by atoms with Crippen molar-refractivity contribution in [1.82, 2.24) is 9.80 Å². The first kappa shape index (κ1) is 26.0. The molecular weight excluding hydrogens is 448 g/mol. The fourth-order valence-corrected chi connectivity index (χ4v) is 4.17. The molecule has 1 unspecified atom stereocenters. The van der Waals surface area contributed by atoms with Crippen LogP contribution in [-0.4, -0.2) is 60.8 Å². The lowest BCUT2D eigenvalue weighted by Crippen LogP contribution is -2.45. The topological polar surface area (TPSA) is 59.1 Å². The monoisotopic (exact) mass is 480 g/mol. The van der Waals surface area contributed by atoms with Crippen LogP contribution in [0.25, 0.3) is 0 Å². The molecule has 1 aromatic carbocycles. The van der Waals surface area contributed by atoms with Crippen LogP contribution in [-0.2, 0) is 22.6 Å². The minimum Gasteiger partial charge on any atom is -0.493 e. The number of hydrogen-bond donors (Lipinski definition) is 0. The van der Waals surface area contributed by atoms with Crippen molar-refractivity contribution < 1.29 is 19.1 Å². The quantitative estimate of drug-likeness (QED) is 0.393. The van der Waals surface area contributed by atoms with Crippen LogP contribution in [0.1, 0.15) is 37.1 Å². The van der Waals surface area contributed by atoms with Gasteiger partial charge in [-0.15, -0.1) is 22.9 Å². The van der Waals surface area contributed by atoms with Crippen LogP contribution < -0.4 is 9.47 Å². The van der Waals surface area contributed by atoms with Crippen molar-refractivity contribution in [2.75, 3.05) is 33.9 Å². The Labute approximate surface area is 200 Å². The molecule has 0 aliphatic rings. The van der Waals surface area contributed by atoms with Gasteiger partial charge in [-0.05, 0) is 48.9 Å². The molecule has 0 aliphatic heterocycles. The number of methoxy groups -OCH3 is 2. The second-order valence-electron chi connectivity index (χ2n) is 7.56. The summed E-state index contributed by atoms with van der Waals surface area (Å²) >= 11 is 7.65. The molecule has 0 saturated heterocycles. The third kappa shape index (κ3) is 7.71. The largest absolute Gasteiger partial charge is 0.493 e. The van der Waals surface area contributed by atoms with E-state index in [9.17, 15) is 9.59 Å². The van der Waals surface area contributed by atoms with Gasteiger partial charge < -0.3 is 19.3 Å². The first-order valence-electron chi connectivity index (χ1n) is 10.8. The van der Waals surface area contributed by atoms with Crippen LogP contribution in [0.5, 0.6) is 11.5 Å². The minimum absolute atomic E-state index is 0.0349. The normalized spacial score (nSPS) is 11.7. The Hall–Kier alpha value is -2.25. The second-order valence-corrected chi connectivity index (χ2v) is 9.25. The predicted octanol–water partition coefficient (Wildman–Crippen LogP) is 4.59. The number of thiophene rings is 1. The van der Waals surface area contributed by atoms with Crippen LogP contribution in [0.15, 0.2) is 35.7 Å². The Morgan fingerprint density at radius 3 is 2.44 bits per heavy atom. The van der Waals surface area contributed by atoms with Crippen LogP contribution in [0.4, 0.5) is 0 Å². The molecule has 2 aromatic rings. The molecule has 0 aliphatic carbocycles. The van der Waals surface area contributed by atoms with E-state index in [4.69, 9.17) is 21.1 Å². The number of benzene rings is 1. The Morgan fingerprint density at radius 1 is 1.09 bits per heavy atom. The van der Waals surface area contributed by atoms with E-state index in [1.54, 1.807) is 37.4 Å². The average Bonchev–Trinajstić information content (AvgIpc) is 3.31. The zero-order valence-electron chi connectivity index (χ0n) is 19.3. The number of amides is 2. The fourth-order valence-electron chi connectivity index (χ4n) is 3.31. The van der Waals surface area contributed by atoms with Crippen molar-refractivity contribution in [3.63, 3.8) is 0 Å². The lowest BCUT2D eigenvalue weighted by molar-refractivity contribution is -0.140. The summed E-state index contributed by atoms with van der Waals surface area (Å²) in [5.41, 5.74) is 1.04. The first-order chi connectivity index (χ1) is 15.4. The van der Waals surface area contributed by atoms with Gasteiger partial charge in [0.25, 0.3) is 0 Å². The minimum atomic E-state index is -0.655. The molecule has 1 atom stereocenters. The van der Waals surface area contributed by atoms with Gasteiger partial charge in [0.05, 0.1) is 27.3 Å². The number of halogens is 1. The van der Waals surface area contributed by atoms with Crippen LogP contribution >= 0.6 is 22.9 Å². The summed E-state index contributed by atoms with van der Waals surface area (Å²) in [6.45, 7) is 5.30. The number of nitrogens with zero attached hydrogens (tertiary/aromatic N) is 2. The molecule has 176 valence electrons. The van der Waals surface area contributed by atoms with E-state index in [1.807, 2.05) is 40.6 Å². The number of rotatable bonds is 13. The highest BCUT2D eigenvalue weighted by atomic mass is 35.5. The summed E-state index contributed by atoms with van der Waals surface area (Å²) in [4.78, 5) is 30.3. The van der Waals surface area contributed by atoms with Gasteiger partial charge in [0.1, 0.15) is 5.38 Å². The maximum atomic E-state index is 13.3. The Kier molecular flexibility index (Phi) is 10.8. The Balaban J connectivity index is 2.14. The number of alkyl halides is 1. The molecule has 2 amide bonds. The molecule has 2 rings (SSSR count). The van der Waals surface area contributed by atoms with Gasteiger partial charge in [-0.2, -0.15) is 0 Å². The number of hydrogen-bond acceptors (Lipinski definition) is 5. The molecule has 0 bridgehead atoms. The van der Waals surface area contributed by atoms with Crippen molar-refractivity contribution in [2.24, 2.45) is 0 Å². The van der Waals surface area contributed by atoms with Gasteiger partial charge in [0.2, 0.25) is 11.8 Å². The summed E-state index contributed by atoms with van der Waals surface area (Å²) in [5.74, 6) is 1.04. The summed E-state index contributed by atoms with van der Waals surface area (Å²) in [5, 5.41) is 1.34. The third-order valence-electron chi connectivity index (χ3n) is 5.16. The van der Waals surface area contributed by atoms with E-state index in [2.05, 4.69) is 6.92 Å². The molecule has 0 spiro atoms. The fraction of sp³-hybridized carbons (Fsp3) is 0.500. The molecule has 0 fully saturated rings. The van der Waals surface area contributed by atoms with E-state index >= 15 is 0 Å². The smallest absolute Gasteiger partial charge is 0.242 e. The summed E-state index contributed by atoms with van der Waals surface area (Å²) in [6.07, 6.45) is 2.43. The number of carbonyl (C=O) groups excluding carboxylic acids is 2. The molecular formula is C24H33ClN2O4S. The molecule has 1 aromatic heterocycles. The maximum Gasteiger partial charge on any atom is 0.242 e. The van der Waals surface area contributed by atoms with Crippen LogP contribution in [0, 0.1) is 0 Å². The average molecular weight is 481 g/mol. The van der Waals surface area contributed by atoms with Crippen molar-refractivity contribution in [2.45, 2.75) is 45.0 Å². The summed E-state index contributed by atoms with van der Waals surface area (Å²) in [6, 6.07) is 9.76. The molecule has 32 heavy (non-hydrogen) atoms. The number of unbranched alkanes of at least 4 members (excludes halogenated alkanes) is 1. The molecule has 0 N–H and O–H groups in total. The third-order valence-corrected chi connectivity index (χ3v) is 6.21. The van der Waals surface area contributed by atoms with Crippen molar-refractivity contribution in [3.8, 4) is 11.5 Å². The van der Waals surface area contributed by atoms with E-state index in [0.29, 0.717) is 37.6 Å². The van der Waals surface area contributed by atoms with Gasteiger partial charge in [0.15, 0.2) is 11.5 Å². The van der Waals surface area contributed by atoms with Gasteiger partial charge in [0, 0.05) is 18.0 Å². The van der Waals surface area contributed by atoms with Gasteiger partial charge in [-0.1, -0.05) is 25.5 Å². The highest BCUT2D eigenvalue weighted by Crippen LogP contribution is 2.28. The zero-order valence-corrected chi connectivity index (χ0v) is 20.9. The molecule has 6 nitrogen and oxygen atoms in total. The van der Waals surface area contributed by atoms with E-state index in [1.165, 1.54) is 0 Å². The van der Waals surface area contributed by atoms with Crippen LogP contribution in [0.3, 0.4) is 0 Å². The van der Waals surface area contributed by atoms with Gasteiger partial charge in [-0.25, -0.2) is 0 Å².